The summed E-state index contributed by atoms with van der Waals surface area (Å²) in [5, 5.41) is 7.77. The van der Waals surface area contributed by atoms with E-state index in [-0.39, 0.29) is 12.0 Å². The summed E-state index contributed by atoms with van der Waals surface area (Å²) in [5.41, 5.74) is 7.84. The molecular formula is C17H22ClN5O2. The predicted molar refractivity (Wildman–Crippen MR) is 98.1 cm³/mol. The van der Waals surface area contributed by atoms with Gasteiger partial charge in [0.1, 0.15) is 5.75 Å². The van der Waals surface area contributed by atoms with Crippen LogP contribution in [0.25, 0.3) is 0 Å². The summed E-state index contributed by atoms with van der Waals surface area (Å²) in [7, 11) is 3.47. The van der Waals surface area contributed by atoms with Crippen LogP contribution in [0, 0.1) is 5.92 Å². The van der Waals surface area contributed by atoms with E-state index in [0.29, 0.717) is 23.3 Å². The Morgan fingerprint density at radius 1 is 1.56 bits per heavy atom. The van der Waals surface area contributed by atoms with Gasteiger partial charge in [-0.3, -0.25) is 9.67 Å². The highest BCUT2D eigenvalue weighted by atomic mass is 35.5. The largest absolute Gasteiger partial charge is 0.495 e. The zero-order valence-corrected chi connectivity index (χ0v) is 15.0. The molecule has 2 aromatic rings. The number of nitrogens with zero attached hydrogens (tertiary/aromatic N) is 3. The standard InChI is InChI=1S/C17H22ClN5O2/c1-23-10-12(9-21-23)16-11(5-6-25-16)8-20-17(19)22-13-3-4-15(24-2)14(18)7-13/h3-4,7,9-11,16H,5-6,8H2,1-2H3,(H3,19,20,22)/t11-,16+/m0/s1. The Morgan fingerprint density at radius 2 is 2.40 bits per heavy atom. The number of nitrogens with one attached hydrogen (secondary N) is 1. The van der Waals surface area contributed by atoms with Crippen LogP contribution in [-0.2, 0) is 11.8 Å². The molecule has 0 aliphatic carbocycles. The van der Waals surface area contributed by atoms with E-state index < -0.39 is 0 Å². The van der Waals surface area contributed by atoms with Gasteiger partial charge < -0.3 is 20.5 Å². The van der Waals surface area contributed by atoms with Gasteiger partial charge in [-0.05, 0) is 24.6 Å². The lowest BCUT2D eigenvalue weighted by Gasteiger charge is -2.15. The van der Waals surface area contributed by atoms with E-state index in [0.717, 1.165) is 24.3 Å². The molecule has 134 valence electrons. The summed E-state index contributed by atoms with van der Waals surface area (Å²) in [6.07, 6.45) is 4.78. The number of methoxy groups -OCH3 is 1. The summed E-state index contributed by atoms with van der Waals surface area (Å²) >= 11 is 6.11. The quantitative estimate of drug-likeness (QED) is 0.629. The zero-order chi connectivity index (χ0) is 17.8. The van der Waals surface area contributed by atoms with E-state index in [2.05, 4.69) is 15.4 Å². The molecule has 0 amide bonds. The predicted octanol–water partition coefficient (Wildman–Crippen LogP) is 2.59. The van der Waals surface area contributed by atoms with E-state index in [1.807, 2.05) is 25.5 Å². The smallest absolute Gasteiger partial charge is 0.193 e. The van der Waals surface area contributed by atoms with E-state index >= 15 is 0 Å². The zero-order valence-electron chi connectivity index (χ0n) is 14.3. The summed E-state index contributed by atoms with van der Waals surface area (Å²) in [5.74, 6) is 1.24. The first kappa shape index (κ1) is 17.6. The third kappa shape index (κ3) is 4.24. The number of ether oxygens (including phenoxy) is 2. The van der Waals surface area contributed by atoms with Crippen molar-refractivity contribution >= 4 is 23.2 Å². The van der Waals surface area contributed by atoms with Crippen molar-refractivity contribution in [2.45, 2.75) is 12.5 Å². The molecule has 0 spiro atoms. The number of aliphatic imine (C=N–C) groups is 1. The van der Waals surface area contributed by atoms with Crippen molar-refractivity contribution in [1.82, 2.24) is 9.78 Å². The van der Waals surface area contributed by atoms with E-state index in [1.54, 1.807) is 23.9 Å². The Morgan fingerprint density at radius 3 is 3.08 bits per heavy atom. The Balaban J connectivity index is 1.61. The van der Waals surface area contributed by atoms with Gasteiger partial charge in [0.05, 0.1) is 24.4 Å². The molecule has 3 rings (SSSR count). The minimum absolute atomic E-state index is 0.0145. The molecule has 1 aliphatic heterocycles. The first-order valence-corrected chi connectivity index (χ1v) is 8.45. The van der Waals surface area contributed by atoms with Gasteiger partial charge >= 0.3 is 0 Å². The Bertz CT molecular complexity index is 761. The SMILES string of the molecule is COc1ccc(NC(N)=NC[C@@H]2CCO[C@H]2c2cnn(C)c2)cc1Cl. The third-order valence-electron chi connectivity index (χ3n) is 4.19. The number of hydrogen-bond donors (Lipinski definition) is 2. The van der Waals surface area contributed by atoms with Gasteiger partial charge in [-0.1, -0.05) is 11.6 Å². The van der Waals surface area contributed by atoms with Crippen molar-refractivity contribution in [3.8, 4) is 5.75 Å². The first-order chi connectivity index (χ1) is 12.1. The van der Waals surface area contributed by atoms with Crippen molar-refractivity contribution in [2.24, 2.45) is 23.7 Å². The van der Waals surface area contributed by atoms with Crippen molar-refractivity contribution < 1.29 is 9.47 Å². The van der Waals surface area contributed by atoms with Crippen LogP contribution in [-0.4, -0.2) is 36.0 Å². The van der Waals surface area contributed by atoms with Crippen LogP contribution in [0.2, 0.25) is 5.02 Å². The lowest BCUT2D eigenvalue weighted by atomic mass is 9.98. The molecule has 1 aliphatic rings. The maximum atomic E-state index is 6.11. The number of anilines is 1. The highest BCUT2D eigenvalue weighted by molar-refractivity contribution is 6.32. The van der Waals surface area contributed by atoms with Crippen LogP contribution in [0.15, 0.2) is 35.6 Å². The van der Waals surface area contributed by atoms with Gasteiger partial charge in [0.25, 0.3) is 0 Å². The molecule has 2 heterocycles. The monoisotopic (exact) mass is 363 g/mol. The van der Waals surface area contributed by atoms with Gasteiger partial charge in [-0.2, -0.15) is 5.10 Å². The molecule has 7 nitrogen and oxygen atoms in total. The average molecular weight is 364 g/mol. The average Bonchev–Trinajstić information content (AvgIpc) is 3.21. The minimum atomic E-state index is 0.0145. The van der Waals surface area contributed by atoms with Gasteiger partial charge in [0, 0.05) is 43.6 Å². The lowest BCUT2D eigenvalue weighted by Crippen LogP contribution is -2.24. The highest BCUT2D eigenvalue weighted by Gasteiger charge is 2.30. The minimum Gasteiger partial charge on any atom is -0.495 e. The first-order valence-electron chi connectivity index (χ1n) is 8.07. The second kappa shape index (κ2) is 7.76. The molecule has 0 radical (unpaired) electrons. The van der Waals surface area contributed by atoms with E-state index in [4.69, 9.17) is 26.8 Å². The molecule has 0 unspecified atom stereocenters. The molecular weight excluding hydrogens is 342 g/mol. The second-order valence-corrected chi connectivity index (χ2v) is 6.39. The molecule has 1 aromatic heterocycles. The number of rotatable bonds is 5. The van der Waals surface area contributed by atoms with Crippen molar-refractivity contribution in [3.63, 3.8) is 0 Å². The molecule has 0 saturated carbocycles. The Hall–Kier alpha value is -2.25. The number of halogens is 1. The van der Waals surface area contributed by atoms with E-state index in [1.165, 1.54) is 0 Å². The van der Waals surface area contributed by atoms with Gasteiger partial charge in [-0.15, -0.1) is 0 Å². The second-order valence-electron chi connectivity index (χ2n) is 5.99. The molecule has 2 atom stereocenters. The summed E-state index contributed by atoms with van der Waals surface area (Å²) in [6, 6.07) is 5.37. The summed E-state index contributed by atoms with van der Waals surface area (Å²) < 4.78 is 12.8. The maximum Gasteiger partial charge on any atom is 0.193 e. The molecule has 1 saturated heterocycles. The number of aromatic nitrogens is 2. The van der Waals surface area contributed by atoms with Crippen molar-refractivity contribution in [2.75, 3.05) is 25.6 Å². The number of aryl methyl sites for hydroxylation is 1. The van der Waals surface area contributed by atoms with Crippen molar-refractivity contribution in [1.29, 1.82) is 0 Å². The van der Waals surface area contributed by atoms with Crippen LogP contribution in [0.5, 0.6) is 5.75 Å². The number of hydrogen-bond acceptors (Lipinski definition) is 4. The van der Waals surface area contributed by atoms with Crippen molar-refractivity contribution in [3.05, 3.63) is 41.2 Å². The molecule has 3 N–H and O–H groups in total. The molecule has 25 heavy (non-hydrogen) atoms. The summed E-state index contributed by atoms with van der Waals surface area (Å²) in [4.78, 5) is 4.46. The third-order valence-corrected chi connectivity index (χ3v) is 4.48. The molecule has 0 bridgehead atoms. The Kier molecular flexibility index (Phi) is 5.45. The number of guanidine groups is 1. The van der Waals surface area contributed by atoms with Gasteiger partial charge in [0.15, 0.2) is 5.96 Å². The van der Waals surface area contributed by atoms with Crippen LogP contribution in [0.4, 0.5) is 5.69 Å². The van der Waals surface area contributed by atoms with Gasteiger partial charge in [0.2, 0.25) is 0 Å². The van der Waals surface area contributed by atoms with Crippen LogP contribution in [0.1, 0.15) is 18.1 Å². The number of nitrogens with two attached hydrogens (primary N) is 1. The maximum absolute atomic E-state index is 6.11. The fourth-order valence-electron chi connectivity index (χ4n) is 2.92. The van der Waals surface area contributed by atoms with Crippen LogP contribution >= 0.6 is 11.6 Å². The van der Waals surface area contributed by atoms with Crippen LogP contribution in [0.3, 0.4) is 0 Å². The lowest BCUT2D eigenvalue weighted by molar-refractivity contribution is 0.0925. The fraction of sp³-hybridized carbons (Fsp3) is 0.412. The highest BCUT2D eigenvalue weighted by Crippen LogP contribution is 2.34. The Labute approximate surface area is 151 Å². The van der Waals surface area contributed by atoms with Gasteiger partial charge in [-0.25, -0.2) is 0 Å². The topological polar surface area (TPSA) is 86.7 Å². The van der Waals surface area contributed by atoms with E-state index in [9.17, 15) is 0 Å². The van der Waals surface area contributed by atoms with Crippen LogP contribution < -0.4 is 15.8 Å². The fourth-order valence-corrected chi connectivity index (χ4v) is 3.18. The number of benzene rings is 1. The molecule has 1 aromatic carbocycles. The normalized spacial score (nSPS) is 20.7. The molecule has 8 heteroatoms. The summed E-state index contributed by atoms with van der Waals surface area (Å²) in [6.45, 7) is 1.31. The molecule has 1 fully saturated rings.